The summed E-state index contributed by atoms with van der Waals surface area (Å²) >= 11 is 1.06. The third-order valence-electron chi connectivity index (χ3n) is 2.18. The highest BCUT2D eigenvalue weighted by Crippen LogP contribution is 2.27. The van der Waals surface area contributed by atoms with E-state index in [4.69, 9.17) is 11.5 Å². The zero-order chi connectivity index (χ0) is 14.0. The molecule has 7 nitrogen and oxygen atoms in total. The third kappa shape index (κ3) is 3.10. The summed E-state index contributed by atoms with van der Waals surface area (Å²) in [6.45, 7) is 1.70. The number of H-pyrrole nitrogens is 1. The lowest BCUT2D eigenvalue weighted by molar-refractivity contribution is 0.0995. The lowest BCUT2D eigenvalue weighted by Gasteiger charge is -2.05. The van der Waals surface area contributed by atoms with Gasteiger partial charge in [-0.3, -0.25) is 9.59 Å². The van der Waals surface area contributed by atoms with E-state index in [2.05, 4.69) is 15.0 Å². The Labute approximate surface area is 112 Å². The van der Waals surface area contributed by atoms with Crippen LogP contribution in [0.25, 0.3) is 0 Å². The minimum absolute atomic E-state index is 0.103. The molecule has 0 bridgehead atoms. The second-order valence-corrected chi connectivity index (χ2v) is 4.73. The number of amides is 1. The van der Waals surface area contributed by atoms with Crippen molar-refractivity contribution in [2.24, 2.45) is 5.73 Å². The summed E-state index contributed by atoms with van der Waals surface area (Å²) < 4.78 is 0. The van der Waals surface area contributed by atoms with E-state index < -0.39 is 5.91 Å². The topological polar surface area (TPSA) is 128 Å². The van der Waals surface area contributed by atoms with E-state index >= 15 is 0 Å². The average Bonchev–Trinajstić information content (AvgIpc) is 2.30. The fourth-order valence-corrected chi connectivity index (χ4v) is 2.22. The van der Waals surface area contributed by atoms with Crippen molar-refractivity contribution in [3.63, 3.8) is 0 Å². The van der Waals surface area contributed by atoms with Gasteiger partial charge < -0.3 is 16.5 Å². The molecule has 98 valence electrons. The van der Waals surface area contributed by atoms with Gasteiger partial charge in [0.05, 0.1) is 5.69 Å². The second kappa shape index (κ2) is 5.11. The van der Waals surface area contributed by atoms with Crippen LogP contribution in [-0.2, 0) is 0 Å². The summed E-state index contributed by atoms with van der Waals surface area (Å²) in [6, 6.07) is 4.35. The predicted molar refractivity (Wildman–Crippen MR) is 70.9 cm³/mol. The maximum absolute atomic E-state index is 11.3. The summed E-state index contributed by atoms with van der Waals surface area (Å²) in [4.78, 5) is 33.1. The number of nitrogens with two attached hydrogens (primary N) is 2. The Hall–Kier alpha value is -2.35. The first-order valence-corrected chi connectivity index (χ1v) is 6.09. The van der Waals surface area contributed by atoms with Crippen LogP contribution in [0.2, 0.25) is 0 Å². The van der Waals surface area contributed by atoms with Crippen LogP contribution in [0.5, 0.6) is 0 Å². The van der Waals surface area contributed by atoms with E-state index in [1.807, 2.05) is 0 Å². The standard InChI is InChI=1S/C11H11N5O2S/c1-5-4-8(17)16-11(14-5)19-10-6(12)2-3-7(15-10)9(13)18/h2-4H,12H2,1H3,(H2,13,18)(H,14,16,17). The van der Waals surface area contributed by atoms with E-state index in [1.54, 1.807) is 6.92 Å². The molecule has 0 fully saturated rings. The molecule has 0 aliphatic carbocycles. The molecule has 0 aliphatic heterocycles. The molecular weight excluding hydrogens is 266 g/mol. The van der Waals surface area contributed by atoms with Gasteiger partial charge in [-0.2, -0.15) is 0 Å². The van der Waals surface area contributed by atoms with Crippen LogP contribution in [0.1, 0.15) is 16.2 Å². The number of anilines is 1. The number of aromatic nitrogens is 3. The van der Waals surface area contributed by atoms with Gasteiger partial charge in [0.2, 0.25) is 0 Å². The zero-order valence-electron chi connectivity index (χ0n) is 10.0. The second-order valence-electron chi connectivity index (χ2n) is 3.75. The molecule has 0 atom stereocenters. The summed E-state index contributed by atoms with van der Waals surface area (Å²) in [5.74, 6) is -0.646. The van der Waals surface area contributed by atoms with E-state index in [-0.39, 0.29) is 11.3 Å². The van der Waals surface area contributed by atoms with Gasteiger partial charge in [0, 0.05) is 11.8 Å². The van der Waals surface area contributed by atoms with Crippen molar-refractivity contribution in [3.8, 4) is 0 Å². The highest BCUT2D eigenvalue weighted by Gasteiger charge is 2.10. The Bertz CT molecular complexity index is 698. The molecule has 0 radical (unpaired) electrons. The molecule has 2 rings (SSSR count). The average molecular weight is 277 g/mol. The molecule has 2 aromatic rings. The Balaban J connectivity index is 2.39. The minimum Gasteiger partial charge on any atom is -0.397 e. The SMILES string of the molecule is Cc1cc(=O)[nH]c(Sc2nc(C(N)=O)ccc2N)n1. The number of aryl methyl sites for hydroxylation is 1. The number of carbonyl (C=O) groups is 1. The van der Waals surface area contributed by atoms with Gasteiger partial charge in [0.25, 0.3) is 11.5 Å². The normalized spacial score (nSPS) is 10.4. The molecule has 0 spiro atoms. The van der Waals surface area contributed by atoms with Gasteiger partial charge in [-0.25, -0.2) is 9.97 Å². The van der Waals surface area contributed by atoms with Crippen LogP contribution < -0.4 is 17.0 Å². The Kier molecular flexibility index (Phi) is 3.52. The van der Waals surface area contributed by atoms with Crippen molar-refractivity contribution in [1.29, 1.82) is 0 Å². The van der Waals surface area contributed by atoms with E-state index in [9.17, 15) is 9.59 Å². The first-order chi connectivity index (χ1) is 8.95. The van der Waals surface area contributed by atoms with E-state index in [1.165, 1.54) is 18.2 Å². The van der Waals surface area contributed by atoms with Gasteiger partial charge >= 0.3 is 0 Å². The largest absolute Gasteiger partial charge is 0.397 e. The number of hydrogen-bond donors (Lipinski definition) is 3. The highest BCUT2D eigenvalue weighted by molar-refractivity contribution is 7.99. The fourth-order valence-electron chi connectivity index (χ4n) is 1.36. The Morgan fingerprint density at radius 1 is 1.37 bits per heavy atom. The smallest absolute Gasteiger partial charge is 0.267 e. The predicted octanol–water partition coefficient (Wildman–Crippen LogP) is 0.306. The van der Waals surface area contributed by atoms with Gasteiger partial charge in [-0.05, 0) is 30.8 Å². The summed E-state index contributed by atoms with van der Waals surface area (Å²) in [6.07, 6.45) is 0. The van der Waals surface area contributed by atoms with Crippen molar-refractivity contribution in [2.45, 2.75) is 17.1 Å². The van der Waals surface area contributed by atoms with Gasteiger partial charge in [0.15, 0.2) is 5.16 Å². The quantitative estimate of drug-likeness (QED) is 0.692. The molecule has 0 aromatic carbocycles. The molecule has 0 unspecified atom stereocenters. The van der Waals surface area contributed by atoms with E-state index in [0.717, 1.165) is 11.8 Å². The van der Waals surface area contributed by atoms with E-state index in [0.29, 0.717) is 21.6 Å². The molecule has 2 heterocycles. The molecule has 1 amide bonds. The lowest BCUT2D eigenvalue weighted by Crippen LogP contribution is -2.14. The van der Waals surface area contributed by atoms with Gasteiger partial charge in [-0.15, -0.1) is 0 Å². The highest BCUT2D eigenvalue weighted by atomic mass is 32.2. The Morgan fingerprint density at radius 3 is 2.74 bits per heavy atom. The van der Waals surface area contributed by atoms with Crippen molar-refractivity contribution in [2.75, 3.05) is 5.73 Å². The number of carbonyl (C=O) groups excluding carboxylic acids is 1. The molecule has 0 aliphatic rings. The lowest BCUT2D eigenvalue weighted by atomic mass is 10.3. The molecule has 8 heteroatoms. The summed E-state index contributed by atoms with van der Waals surface area (Å²) in [5.41, 5.74) is 11.7. The van der Waals surface area contributed by atoms with Crippen LogP contribution in [0.3, 0.4) is 0 Å². The fraction of sp³-hybridized carbons (Fsp3) is 0.0909. The maximum Gasteiger partial charge on any atom is 0.267 e. The molecule has 0 saturated carbocycles. The number of pyridine rings is 1. The molecule has 0 saturated heterocycles. The van der Waals surface area contributed by atoms with Crippen LogP contribution in [0.15, 0.2) is 33.2 Å². The zero-order valence-corrected chi connectivity index (χ0v) is 10.8. The Morgan fingerprint density at radius 2 is 2.11 bits per heavy atom. The molecule has 2 aromatic heterocycles. The first-order valence-electron chi connectivity index (χ1n) is 5.28. The maximum atomic E-state index is 11.3. The van der Waals surface area contributed by atoms with Crippen LogP contribution in [-0.4, -0.2) is 20.9 Å². The van der Waals surface area contributed by atoms with Crippen LogP contribution in [0, 0.1) is 6.92 Å². The molecular formula is C11H11N5O2S. The van der Waals surface area contributed by atoms with Crippen LogP contribution in [0.4, 0.5) is 5.69 Å². The summed E-state index contributed by atoms with van der Waals surface area (Å²) in [5, 5.41) is 0.718. The number of rotatable bonds is 3. The summed E-state index contributed by atoms with van der Waals surface area (Å²) in [7, 11) is 0. The number of aromatic amines is 1. The number of nitrogen functional groups attached to an aromatic ring is 1. The van der Waals surface area contributed by atoms with Crippen molar-refractivity contribution in [1.82, 2.24) is 15.0 Å². The van der Waals surface area contributed by atoms with Crippen LogP contribution >= 0.6 is 11.8 Å². The van der Waals surface area contributed by atoms with Crippen molar-refractivity contribution in [3.05, 3.63) is 39.9 Å². The monoisotopic (exact) mass is 277 g/mol. The minimum atomic E-state index is -0.646. The third-order valence-corrected chi connectivity index (χ3v) is 3.09. The molecule has 19 heavy (non-hydrogen) atoms. The van der Waals surface area contributed by atoms with Gasteiger partial charge in [-0.1, -0.05) is 0 Å². The van der Waals surface area contributed by atoms with Crippen molar-refractivity contribution >= 4 is 23.4 Å². The number of nitrogens with zero attached hydrogens (tertiary/aromatic N) is 2. The van der Waals surface area contributed by atoms with Gasteiger partial charge in [0.1, 0.15) is 10.7 Å². The molecule has 5 N–H and O–H groups in total. The number of hydrogen-bond acceptors (Lipinski definition) is 6. The van der Waals surface area contributed by atoms with Crippen molar-refractivity contribution < 1.29 is 4.79 Å². The number of nitrogens with one attached hydrogen (secondary N) is 1. The first kappa shape index (κ1) is 13.1. The number of primary amides is 1.